The average molecular weight is 314 g/mol. The molecule has 0 aliphatic heterocycles. The van der Waals surface area contributed by atoms with Gasteiger partial charge in [0, 0.05) is 10.6 Å². The molecule has 0 aliphatic carbocycles. The summed E-state index contributed by atoms with van der Waals surface area (Å²) in [5.74, 6) is -0.535. The van der Waals surface area contributed by atoms with Gasteiger partial charge in [0.05, 0.1) is 15.7 Å². The molecule has 0 bridgehead atoms. The molecule has 0 amide bonds. The van der Waals surface area contributed by atoms with E-state index in [1.54, 1.807) is 30.3 Å². The second kappa shape index (κ2) is 6.28. The smallest absolute Gasteiger partial charge is 0.354 e. The monoisotopic (exact) mass is 313 g/mol. The summed E-state index contributed by atoms with van der Waals surface area (Å²) >= 11 is 13.5. The highest BCUT2D eigenvalue weighted by Gasteiger charge is 2.09. The molecule has 19 heavy (non-hydrogen) atoms. The maximum atomic E-state index is 10.8. The van der Waals surface area contributed by atoms with Crippen LogP contribution in [0, 0.1) is 0 Å². The van der Waals surface area contributed by atoms with E-state index in [4.69, 9.17) is 28.3 Å². The first-order valence-corrected chi connectivity index (χ1v) is 7.08. The molecule has 6 heteroatoms. The second-order valence-corrected chi connectivity index (χ2v) is 5.46. The fraction of sp³-hybridized carbons (Fsp3) is 0.0769. The van der Waals surface area contributed by atoms with Gasteiger partial charge in [-0.15, -0.1) is 11.8 Å². The van der Waals surface area contributed by atoms with Crippen LogP contribution in [0.5, 0.6) is 0 Å². The van der Waals surface area contributed by atoms with Crippen molar-refractivity contribution in [3.05, 3.63) is 57.8 Å². The normalized spacial score (nSPS) is 10.4. The quantitative estimate of drug-likeness (QED) is 0.851. The van der Waals surface area contributed by atoms with E-state index < -0.39 is 5.97 Å². The number of halogens is 2. The maximum absolute atomic E-state index is 10.8. The van der Waals surface area contributed by atoms with E-state index in [0.29, 0.717) is 21.5 Å². The van der Waals surface area contributed by atoms with Crippen molar-refractivity contribution in [3.8, 4) is 0 Å². The van der Waals surface area contributed by atoms with E-state index >= 15 is 0 Å². The van der Waals surface area contributed by atoms with Crippen LogP contribution in [0.4, 0.5) is 0 Å². The number of hydrogen-bond acceptors (Lipinski definition) is 3. The van der Waals surface area contributed by atoms with E-state index in [0.717, 1.165) is 4.90 Å². The van der Waals surface area contributed by atoms with E-state index in [1.807, 2.05) is 0 Å². The van der Waals surface area contributed by atoms with Gasteiger partial charge in [-0.1, -0.05) is 35.3 Å². The Bertz CT molecular complexity index is 599. The lowest BCUT2D eigenvalue weighted by atomic mass is 10.3. The number of pyridine rings is 1. The van der Waals surface area contributed by atoms with Gasteiger partial charge in [0.25, 0.3) is 0 Å². The van der Waals surface area contributed by atoms with Crippen LogP contribution < -0.4 is 0 Å². The largest absolute Gasteiger partial charge is 0.477 e. The van der Waals surface area contributed by atoms with E-state index in [2.05, 4.69) is 4.98 Å². The molecule has 2 rings (SSSR count). The lowest BCUT2D eigenvalue weighted by Gasteiger charge is -2.06. The van der Waals surface area contributed by atoms with Crippen LogP contribution in [0.3, 0.4) is 0 Å². The number of rotatable bonds is 4. The molecular weight excluding hydrogens is 305 g/mol. The first kappa shape index (κ1) is 14.2. The predicted octanol–water partition coefficient (Wildman–Crippen LogP) is 4.38. The van der Waals surface area contributed by atoms with Crippen LogP contribution in [0.25, 0.3) is 0 Å². The van der Waals surface area contributed by atoms with Crippen molar-refractivity contribution in [1.29, 1.82) is 0 Å². The Morgan fingerprint density at radius 2 is 1.79 bits per heavy atom. The van der Waals surface area contributed by atoms with Gasteiger partial charge in [0.15, 0.2) is 0 Å². The number of carboxylic acid groups (broad SMARTS) is 1. The summed E-state index contributed by atoms with van der Waals surface area (Å²) in [5, 5.41) is 10.0. The zero-order chi connectivity index (χ0) is 13.8. The summed E-state index contributed by atoms with van der Waals surface area (Å²) in [6, 6.07) is 10.2. The lowest BCUT2D eigenvalue weighted by Crippen LogP contribution is -2.01. The maximum Gasteiger partial charge on any atom is 0.354 e. The number of thioether (sulfide) groups is 1. The number of aromatic carboxylic acids is 1. The molecule has 1 aromatic carbocycles. The van der Waals surface area contributed by atoms with Crippen molar-refractivity contribution in [3.63, 3.8) is 0 Å². The molecule has 0 radical (unpaired) electrons. The Balaban J connectivity index is 2.15. The summed E-state index contributed by atoms with van der Waals surface area (Å²) in [7, 11) is 0. The molecule has 0 atom stereocenters. The Morgan fingerprint density at radius 1 is 1.16 bits per heavy atom. The van der Waals surface area contributed by atoms with Gasteiger partial charge in [-0.25, -0.2) is 9.78 Å². The molecule has 1 heterocycles. The molecule has 0 saturated carbocycles. The van der Waals surface area contributed by atoms with Gasteiger partial charge in [0.1, 0.15) is 5.69 Å². The minimum Gasteiger partial charge on any atom is -0.477 e. The van der Waals surface area contributed by atoms with E-state index in [-0.39, 0.29) is 5.69 Å². The van der Waals surface area contributed by atoms with Crippen molar-refractivity contribution in [1.82, 2.24) is 4.98 Å². The van der Waals surface area contributed by atoms with E-state index in [9.17, 15) is 4.79 Å². The average Bonchev–Trinajstić information content (AvgIpc) is 2.38. The molecule has 3 nitrogen and oxygen atoms in total. The minimum atomic E-state index is -1.04. The molecule has 1 N–H and O–H groups in total. The first-order chi connectivity index (χ1) is 9.08. The fourth-order valence-electron chi connectivity index (χ4n) is 1.45. The Hall–Kier alpha value is -1.23. The predicted molar refractivity (Wildman–Crippen MR) is 77.2 cm³/mol. The second-order valence-electron chi connectivity index (χ2n) is 3.66. The molecule has 0 spiro atoms. The Labute approximate surface area is 124 Å². The van der Waals surface area contributed by atoms with Crippen LogP contribution in [0.2, 0.25) is 10.0 Å². The zero-order valence-corrected chi connectivity index (χ0v) is 12.0. The Morgan fingerprint density at radius 3 is 2.42 bits per heavy atom. The number of carboxylic acids is 1. The number of nitrogens with zero attached hydrogens (tertiary/aromatic N) is 1. The van der Waals surface area contributed by atoms with Crippen molar-refractivity contribution < 1.29 is 9.90 Å². The van der Waals surface area contributed by atoms with Crippen molar-refractivity contribution in [2.24, 2.45) is 0 Å². The van der Waals surface area contributed by atoms with Crippen LogP contribution in [0.15, 0.2) is 41.3 Å². The summed E-state index contributed by atoms with van der Waals surface area (Å²) in [6.45, 7) is 0. The molecule has 98 valence electrons. The number of benzene rings is 1. The summed E-state index contributed by atoms with van der Waals surface area (Å²) in [5.41, 5.74) is 0.698. The van der Waals surface area contributed by atoms with Gasteiger partial charge in [-0.2, -0.15) is 0 Å². The molecule has 2 aromatic rings. The third-order valence-corrected chi connectivity index (χ3v) is 4.33. The highest BCUT2D eigenvalue weighted by molar-refractivity contribution is 7.98. The molecular formula is C13H9Cl2NO2S. The third-order valence-electron chi connectivity index (χ3n) is 2.31. The summed E-state index contributed by atoms with van der Waals surface area (Å²) < 4.78 is 0. The van der Waals surface area contributed by atoms with Crippen LogP contribution in [0.1, 0.15) is 16.2 Å². The first-order valence-electron chi connectivity index (χ1n) is 5.34. The molecule has 0 fully saturated rings. The number of aromatic nitrogens is 1. The number of hydrogen-bond donors (Lipinski definition) is 1. The molecule has 0 unspecified atom stereocenters. The topological polar surface area (TPSA) is 50.2 Å². The van der Waals surface area contributed by atoms with Crippen molar-refractivity contribution in [2.75, 3.05) is 0 Å². The van der Waals surface area contributed by atoms with Gasteiger partial charge in [-0.3, -0.25) is 0 Å². The summed E-state index contributed by atoms with van der Waals surface area (Å²) in [4.78, 5) is 15.6. The standard InChI is InChI=1S/C13H9Cl2NO2S/c14-9-4-2-5-10(15)12(9)19-7-8-3-1-6-11(16-8)13(17)18/h1-6H,7H2,(H,17,18). The highest BCUT2D eigenvalue weighted by atomic mass is 35.5. The van der Waals surface area contributed by atoms with E-state index in [1.165, 1.54) is 17.8 Å². The summed E-state index contributed by atoms with van der Waals surface area (Å²) in [6.07, 6.45) is 0. The lowest BCUT2D eigenvalue weighted by molar-refractivity contribution is 0.0690. The fourth-order valence-corrected chi connectivity index (χ4v) is 3.04. The molecule has 0 aliphatic rings. The number of carbonyl (C=O) groups is 1. The van der Waals surface area contributed by atoms with Gasteiger partial charge in [-0.05, 0) is 24.3 Å². The van der Waals surface area contributed by atoms with Crippen LogP contribution in [-0.4, -0.2) is 16.1 Å². The van der Waals surface area contributed by atoms with Crippen LogP contribution in [-0.2, 0) is 5.75 Å². The van der Waals surface area contributed by atoms with Crippen molar-refractivity contribution in [2.45, 2.75) is 10.6 Å². The minimum absolute atomic E-state index is 0.0309. The molecule has 0 saturated heterocycles. The van der Waals surface area contributed by atoms with Gasteiger partial charge < -0.3 is 5.11 Å². The third kappa shape index (κ3) is 3.62. The van der Waals surface area contributed by atoms with Crippen molar-refractivity contribution >= 4 is 40.9 Å². The SMILES string of the molecule is O=C(O)c1cccc(CSc2c(Cl)cccc2Cl)n1. The zero-order valence-electron chi connectivity index (χ0n) is 9.64. The molecule has 1 aromatic heterocycles. The van der Waals surface area contributed by atoms with Crippen LogP contribution >= 0.6 is 35.0 Å². The van der Waals surface area contributed by atoms with Gasteiger partial charge in [0.2, 0.25) is 0 Å². The Kier molecular flexibility index (Phi) is 4.69. The van der Waals surface area contributed by atoms with Gasteiger partial charge >= 0.3 is 5.97 Å². The highest BCUT2D eigenvalue weighted by Crippen LogP contribution is 2.35.